The summed E-state index contributed by atoms with van der Waals surface area (Å²) in [6, 6.07) is 22.0. The molecule has 0 spiro atoms. The van der Waals surface area contributed by atoms with Crippen molar-refractivity contribution in [3.63, 3.8) is 0 Å². The summed E-state index contributed by atoms with van der Waals surface area (Å²) in [5.41, 5.74) is 4.90. The molecular formula is C26H22FNO4. The molecule has 0 aliphatic rings. The molecule has 5 nitrogen and oxygen atoms in total. The molecule has 0 atom stereocenters. The van der Waals surface area contributed by atoms with Gasteiger partial charge in [-0.3, -0.25) is 0 Å². The number of fused-ring (bicyclic) bond motifs is 1. The normalized spacial score (nSPS) is 10.9. The van der Waals surface area contributed by atoms with Crippen LogP contribution < -0.4 is 4.74 Å². The first kappa shape index (κ1) is 21.5. The van der Waals surface area contributed by atoms with E-state index >= 15 is 0 Å². The lowest BCUT2D eigenvalue weighted by molar-refractivity contribution is -0.142. The molecule has 32 heavy (non-hydrogen) atoms. The maximum atomic E-state index is 13.8. The number of carboxylic acids is 1. The molecule has 0 radical (unpaired) electrons. The minimum atomic E-state index is -1.06. The molecule has 1 aromatic heterocycles. The fraction of sp³-hybridized carbons (Fsp3) is 0.154. The quantitative estimate of drug-likeness (QED) is 0.387. The highest BCUT2D eigenvalue weighted by Gasteiger charge is 2.11. The molecule has 0 saturated carbocycles. The Balaban J connectivity index is 1.70. The molecule has 0 bridgehead atoms. The third kappa shape index (κ3) is 4.76. The van der Waals surface area contributed by atoms with Crippen molar-refractivity contribution in [1.29, 1.82) is 0 Å². The van der Waals surface area contributed by atoms with Crippen molar-refractivity contribution in [1.82, 2.24) is 4.98 Å². The molecule has 4 rings (SSSR count). The topological polar surface area (TPSA) is 68.7 Å². The van der Waals surface area contributed by atoms with Crippen LogP contribution in [-0.4, -0.2) is 29.3 Å². The van der Waals surface area contributed by atoms with Gasteiger partial charge in [0, 0.05) is 16.5 Å². The zero-order valence-corrected chi connectivity index (χ0v) is 17.5. The molecule has 0 aliphatic heterocycles. The van der Waals surface area contributed by atoms with Crippen molar-refractivity contribution in [2.75, 3.05) is 13.2 Å². The summed E-state index contributed by atoms with van der Waals surface area (Å²) in [7, 11) is 0. The van der Waals surface area contributed by atoms with Crippen LogP contribution in [0.4, 0.5) is 4.39 Å². The average Bonchev–Trinajstić information content (AvgIpc) is 2.80. The Labute approximate surface area is 185 Å². The largest absolute Gasteiger partial charge is 0.493 e. The summed E-state index contributed by atoms with van der Waals surface area (Å²) in [5.74, 6) is -0.618. The number of carboxylic acid groups (broad SMARTS) is 1. The van der Waals surface area contributed by atoms with Gasteiger partial charge in [0.05, 0.1) is 24.4 Å². The minimum absolute atomic E-state index is 0.0432. The van der Waals surface area contributed by atoms with Crippen LogP contribution in [0.1, 0.15) is 12.5 Å². The zero-order valence-electron chi connectivity index (χ0n) is 17.5. The van der Waals surface area contributed by atoms with Crippen molar-refractivity contribution >= 4 is 16.9 Å². The second-order valence-corrected chi connectivity index (χ2v) is 7.22. The molecule has 4 aromatic rings. The van der Waals surface area contributed by atoms with Gasteiger partial charge >= 0.3 is 5.97 Å². The Morgan fingerprint density at radius 3 is 2.50 bits per heavy atom. The lowest BCUT2D eigenvalue weighted by atomic mass is 10.00. The maximum absolute atomic E-state index is 13.8. The van der Waals surface area contributed by atoms with E-state index in [1.54, 1.807) is 6.07 Å². The van der Waals surface area contributed by atoms with E-state index in [2.05, 4.69) is 4.98 Å². The van der Waals surface area contributed by atoms with Crippen LogP contribution in [0.3, 0.4) is 0 Å². The Morgan fingerprint density at radius 2 is 1.75 bits per heavy atom. The number of ether oxygens (including phenoxy) is 2. The SMILES string of the molecule is CCOc1ccccc1-c1ccc(-c2cc(COCC(=O)O)c3cc(F)ccc3n2)cc1. The summed E-state index contributed by atoms with van der Waals surface area (Å²) in [6.07, 6.45) is 0. The number of aliphatic carboxylic acids is 1. The Hall–Kier alpha value is -3.77. The first-order valence-corrected chi connectivity index (χ1v) is 10.3. The molecule has 162 valence electrons. The number of para-hydroxylation sites is 1. The van der Waals surface area contributed by atoms with Crippen LogP contribution in [0.15, 0.2) is 72.8 Å². The molecule has 3 aromatic carbocycles. The molecule has 0 unspecified atom stereocenters. The van der Waals surface area contributed by atoms with Gasteiger partial charge < -0.3 is 14.6 Å². The summed E-state index contributed by atoms with van der Waals surface area (Å²) in [5, 5.41) is 9.45. The Bertz CT molecular complexity index is 1250. The van der Waals surface area contributed by atoms with Crippen LogP contribution in [-0.2, 0) is 16.1 Å². The molecule has 1 N–H and O–H groups in total. The van der Waals surface area contributed by atoms with Gasteiger partial charge in [0.1, 0.15) is 18.2 Å². The van der Waals surface area contributed by atoms with Crippen molar-refractivity contribution < 1.29 is 23.8 Å². The van der Waals surface area contributed by atoms with Crippen LogP contribution in [0, 0.1) is 5.82 Å². The van der Waals surface area contributed by atoms with E-state index in [9.17, 15) is 9.18 Å². The van der Waals surface area contributed by atoms with Crippen LogP contribution in [0.5, 0.6) is 5.75 Å². The third-order valence-corrected chi connectivity index (χ3v) is 5.02. The van der Waals surface area contributed by atoms with Gasteiger partial charge in [-0.05, 0) is 48.4 Å². The van der Waals surface area contributed by atoms with E-state index in [1.165, 1.54) is 12.1 Å². The number of hydrogen-bond acceptors (Lipinski definition) is 4. The van der Waals surface area contributed by atoms with E-state index in [4.69, 9.17) is 14.6 Å². The average molecular weight is 431 g/mol. The standard InChI is InChI=1S/C26H22FNO4/c1-2-32-25-6-4-3-5-21(25)17-7-9-18(10-8-17)24-13-19(15-31-16-26(29)30)22-14-20(27)11-12-23(22)28-24/h3-14H,2,15-16H2,1H3,(H,29,30). The minimum Gasteiger partial charge on any atom is -0.493 e. The van der Waals surface area contributed by atoms with Crippen molar-refractivity contribution in [3.8, 4) is 28.1 Å². The summed E-state index contributed by atoms with van der Waals surface area (Å²) < 4.78 is 24.8. The fourth-order valence-corrected chi connectivity index (χ4v) is 3.59. The van der Waals surface area contributed by atoms with Gasteiger partial charge in [0.25, 0.3) is 0 Å². The zero-order chi connectivity index (χ0) is 22.5. The van der Waals surface area contributed by atoms with E-state index in [0.29, 0.717) is 28.8 Å². The van der Waals surface area contributed by atoms with Crippen LogP contribution >= 0.6 is 0 Å². The molecule has 0 aliphatic carbocycles. The second-order valence-electron chi connectivity index (χ2n) is 7.22. The molecule has 1 heterocycles. The smallest absolute Gasteiger partial charge is 0.329 e. The van der Waals surface area contributed by atoms with Gasteiger partial charge in [-0.25, -0.2) is 14.2 Å². The van der Waals surface area contributed by atoms with E-state index in [1.807, 2.05) is 61.5 Å². The number of benzene rings is 3. The van der Waals surface area contributed by atoms with E-state index in [0.717, 1.165) is 22.4 Å². The highest BCUT2D eigenvalue weighted by atomic mass is 19.1. The molecule has 0 saturated heterocycles. The molecular weight excluding hydrogens is 409 g/mol. The van der Waals surface area contributed by atoms with Crippen molar-refractivity contribution in [3.05, 3.63) is 84.2 Å². The monoisotopic (exact) mass is 431 g/mol. The van der Waals surface area contributed by atoms with Gasteiger partial charge in [-0.2, -0.15) is 0 Å². The summed E-state index contributed by atoms with van der Waals surface area (Å²) in [4.78, 5) is 15.5. The number of nitrogens with zero attached hydrogens (tertiary/aromatic N) is 1. The second kappa shape index (κ2) is 9.58. The summed E-state index contributed by atoms with van der Waals surface area (Å²) in [6.45, 7) is 2.16. The Morgan fingerprint density at radius 1 is 1.00 bits per heavy atom. The molecule has 6 heteroatoms. The number of pyridine rings is 1. The predicted molar refractivity (Wildman–Crippen MR) is 121 cm³/mol. The maximum Gasteiger partial charge on any atom is 0.329 e. The third-order valence-electron chi connectivity index (χ3n) is 5.02. The van der Waals surface area contributed by atoms with Gasteiger partial charge in [0.2, 0.25) is 0 Å². The van der Waals surface area contributed by atoms with Crippen LogP contribution in [0.2, 0.25) is 0 Å². The predicted octanol–water partition coefficient (Wildman–Crippen LogP) is 5.71. The van der Waals surface area contributed by atoms with E-state index in [-0.39, 0.29) is 12.4 Å². The lowest BCUT2D eigenvalue weighted by Gasteiger charge is -2.12. The lowest BCUT2D eigenvalue weighted by Crippen LogP contribution is -2.07. The fourth-order valence-electron chi connectivity index (χ4n) is 3.59. The van der Waals surface area contributed by atoms with E-state index < -0.39 is 12.6 Å². The number of aromatic nitrogens is 1. The van der Waals surface area contributed by atoms with Crippen LogP contribution in [0.25, 0.3) is 33.3 Å². The highest BCUT2D eigenvalue weighted by molar-refractivity contribution is 5.85. The Kier molecular flexibility index (Phi) is 6.42. The first-order valence-electron chi connectivity index (χ1n) is 10.3. The number of rotatable bonds is 8. The van der Waals surface area contributed by atoms with Gasteiger partial charge in [0.15, 0.2) is 0 Å². The van der Waals surface area contributed by atoms with Crippen molar-refractivity contribution in [2.45, 2.75) is 13.5 Å². The number of halogens is 1. The first-order chi connectivity index (χ1) is 15.5. The summed E-state index contributed by atoms with van der Waals surface area (Å²) >= 11 is 0. The molecule has 0 amide bonds. The number of carbonyl (C=O) groups is 1. The highest BCUT2D eigenvalue weighted by Crippen LogP contribution is 2.32. The van der Waals surface area contributed by atoms with Crippen molar-refractivity contribution in [2.24, 2.45) is 0 Å². The van der Waals surface area contributed by atoms with Gasteiger partial charge in [-0.1, -0.05) is 42.5 Å². The van der Waals surface area contributed by atoms with Gasteiger partial charge in [-0.15, -0.1) is 0 Å². The molecule has 0 fully saturated rings. The number of hydrogen-bond donors (Lipinski definition) is 1.